The van der Waals surface area contributed by atoms with Gasteiger partial charge in [-0.15, -0.1) is 0 Å². The van der Waals surface area contributed by atoms with Crippen molar-refractivity contribution >= 4 is 23.2 Å². The number of halogens is 3. The number of urea groups is 1. The van der Waals surface area contributed by atoms with Crippen LogP contribution in [0.2, 0.25) is 0 Å². The molecule has 8 heteroatoms. The van der Waals surface area contributed by atoms with Crippen LogP contribution >= 0.6 is 0 Å². The van der Waals surface area contributed by atoms with Gasteiger partial charge in [0.15, 0.2) is 0 Å². The van der Waals surface area contributed by atoms with Crippen molar-refractivity contribution in [3.05, 3.63) is 72.4 Å². The lowest BCUT2D eigenvalue weighted by Gasteiger charge is -2.40. The van der Waals surface area contributed by atoms with E-state index in [0.717, 1.165) is 30.8 Å². The maximum absolute atomic E-state index is 13.1. The molecule has 152 valence electrons. The number of hydrogen-bond acceptors (Lipinski definition) is 3. The number of nitrogens with one attached hydrogen (secondary N) is 1. The first-order valence-electron chi connectivity index (χ1n) is 9.51. The van der Waals surface area contributed by atoms with Gasteiger partial charge in [-0.3, -0.25) is 10.2 Å². The maximum atomic E-state index is 13.1. The summed E-state index contributed by atoms with van der Waals surface area (Å²) in [6.45, 7) is 0.827. The number of hydrogen-bond donors (Lipinski definition) is 1. The van der Waals surface area contributed by atoms with Gasteiger partial charge in [0.05, 0.1) is 16.9 Å². The molecule has 0 aliphatic carbocycles. The molecule has 0 unspecified atom stereocenters. The van der Waals surface area contributed by atoms with Crippen molar-refractivity contribution in [1.29, 1.82) is 0 Å². The lowest BCUT2D eigenvalue weighted by atomic mass is 10.0. The Kier molecular flexibility index (Phi) is 4.16. The van der Waals surface area contributed by atoms with E-state index in [0.29, 0.717) is 22.6 Å². The van der Waals surface area contributed by atoms with Crippen LogP contribution in [0.15, 0.2) is 66.9 Å². The first-order valence-corrected chi connectivity index (χ1v) is 9.51. The summed E-state index contributed by atoms with van der Waals surface area (Å²) >= 11 is 0. The van der Waals surface area contributed by atoms with Crippen molar-refractivity contribution in [2.75, 3.05) is 21.7 Å². The van der Waals surface area contributed by atoms with E-state index in [-0.39, 0.29) is 12.2 Å². The zero-order valence-electron chi connectivity index (χ0n) is 15.7. The first kappa shape index (κ1) is 18.5. The number of rotatable bonds is 2. The highest BCUT2D eigenvalue weighted by atomic mass is 19.4. The molecule has 5 rings (SSSR count). The van der Waals surface area contributed by atoms with Crippen molar-refractivity contribution in [3.63, 3.8) is 0 Å². The van der Waals surface area contributed by atoms with Crippen LogP contribution in [-0.2, 0) is 6.18 Å². The fourth-order valence-electron chi connectivity index (χ4n) is 3.95. The molecule has 0 saturated carbocycles. The van der Waals surface area contributed by atoms with Crippen molar-refractivity contribution in [2.24, 2.45) is 0 Å². The molecule has 1 atom stereocenters. The Labute approximate surface area is 170 Å². The molecule has 1 aromatic heterocycles. The molecule has 2 amide bonds. The van der Waals surface area contributed by atoms with Crippen molar-refractivity contribution in [3.8, 4) is 11.1 Å². The molecule has 1 fully saturated rings. The number of amides is 2. The van der Waals surface area contributed by atoms with Gasteiger partial charge in [-0.05, 0) is 47.5 Å². The van der Waals surface area contributed by atoms with Crippen LogP contribution in [0.25, 0.3) is 11.1 Å². The summed E-state index contributed by atoms with van der Waals surface area (Å²) in [5.41, 5.74) is 1.96. The molecule has 3 aromatic rings. The molecule has 30 heavy (non-hydrogen) atoms. The average molecular weight is 410 g/mol. The van der Waals surface area contributed by atoms with Gasteiger partial charge >= 0.3 is 12.2 Å². The molecule has 2 aromatic carbocycles. The lowest BCUT2D eigenvalue weighted by Crippen LogP contribution is -2.56. The van der Waals surface area contributed by atoms with E-state index in [1.165, 1.54) is 6.07 Å². The number of carbonyl (C=O) groups is 1. The number of carbonyl (C=O) groups excluding carboxylic acids is 1. The second kappa shape index (κ2) is 6.76. The van der Waals surface area contributed by atoms with Crippen LogP contribution in [0.1, 0.15) is 12.0 Å². The maximum Gasteiger partial charge on any atom is 0.416 e. The van der Waals surface area contributed by atoms with Crippen molar-refractivity contribution in [2.45, 2.75) is 18.8 Å². The van der Waals surface area contributed by atoms with Crippen LogP contribution in [0.4, 0.5) is 35.2 Å². The number of nitrogens with zero attached hydrogens (tertiary/aromatic N) is 3. The first-order chi connectivity index (χ1) is 14.4. The zero-order chi connectivity index (χ0) is 20.9. The second-order valence-electron chi connectivity index (χ2n) is 7.26. The van der Waals surface area contributed by atoms with Crippen LogP contribution in [0.3, 0.4) is 0 Å². The molecule has 0 radical (unpaired) electrons. The molecule has 3 heterocycles. The lowest BCUT2D eigenvalue weighted by molar-refractivity contribution is -0.137. The van der Waals surface area contributed by atoms with E-state index in [2.05, 4.69) is 15.2 Å². The minimum Gasteiger partial charge on any atom is -0.349 e. The van der Waals surface area contributed by atoms with E-state index in [1.54, 1.807) is 47.5 Å². The van der Waals surface area contributed by atoms with Gasteiger partial charge in [-0.2, -0.15) is 13.2 Å². The van der Waals surface area contributed by atoms with Crippen LogP contribution in [0, 0.1) is 0 Å². The Morgan fingerprint density at radius 3 is 2.53 bits per heavy atom. The number of aromatic nitrogens is 1. The number of alkyl halides is 3. The number of benzene rings is 2. The Hall–Kier alpha value is -3.55. The highest BCUT2D eigenvalue weighted by Crippen LogP contribution is 2.47. The van der Waals surface area contributed by atoms with Gasteiger partial charge < -0.3 is 4.90 Å². The number of fused-ring (bicyclic) bond motifs is 3. The zero-order valence-corrected chi connectivity index (χ0v) is 15.7. The monoisotopic (exact) mass is 410 g/mol. The van der Waals surface area contributed by atoms with Gasteiger partial charge in [0.2, 0.25) is 0 Å². The second-order valence-corrected chi connectivity index (χ2v) is 7.26. The molecule has 2 aliphatic heterocycles. The minimum atomic E-state index is -4.41. The third-order valence-electron chi connectivity index (χ3n) is 5.47. The van der Waals surface area contributed by atoms with E-state index in [1.807, 2.05) is 6.07 Å². The normalized spacial score (nSPS) is 17.2. The average Bonchev–Trinajstić information content (AvgIpc) is 2.93. The molecule has 1 N–H and O–H groups in total. The fraction of sp³-hybridized carbons (Fsp3) is 0.182. The molecule has 0 bridgehead atoms. The number of anilines is 3. The van der Waals surface area contributed by atoms with Crippen LogP contribution in [-0.4, -0.2) is 23.7 Å². The molecule has 0 spiro atoms. The predicted molar refractivity (Wildman–Crippen MR) is 108 cm³/mol. The standard InChI is InChI=1S/C22H17F3N4O/c23-22(24,25)16-5-3-4-14(12-16)15-7-8-17-18(13-15)29(20-9-11-28(17)20)21(30)27-19-6-1-2-10-26-19/h1-8,10,12-13,20H,9,11H2,(H,26,27,30)/t20-/m0/s1. The molecular formula is C22H17F3N4O. The topological polar surface area (TPSA) is 48.5 Å². The summed E-state index contributed by atoms with van der Waals surface area (Å²) < 4.78 is 39.3. The van der Waals surface area contributed by atoms with E-state index >= 15 is 0 Å². The van der Waals surface area contributed by atoms with Crippen LogP contribution in [0.5, 0.6) is 0 Å². The Balaban J connectivity index is 1.51. The summed E-state index contributed by atoms with van der Waals surface area (Å²) in [6.07, 6.45) is -2.09. The van der Waals surface area contributed by atoms with Crippen LogP contribution < -0.4 is 15.1 Å². The third kappa shape index (κ3) is 3.04. The summed E-state index contributed by atoms with van der Waals surface area (Å²) in [5, 5.41) is 2.80. The summed E-state index contributed by atoms with van der Waals surface area (Å²) in [5.74, 6) is 0.441. The third-order valence-corrected chi connectivity index (χ3v) is 5.47. The highest BCUT2D eigenvalue weighted by molar-refractivity contribution is 6.07. The Morgan fingerprint density at radius 1 is 1.00 bits per heavy atom. The predicted octanol–water partition coefficient (Wildman–Crippen LogP) is 5.36. The van der Waals surface area contributed by atoms with Gasteiger partial charge in [0.1, 0.15) is 12.0 Å². The largest absolute Gasteiger partial charge is 0.416 e. The Bertz CT molecular complexity index is 1120. The van der Waals surface area contributed by atoms with E-state index in [9.17, 15) is 18.0 Å². The molecular weight excluding hydrogens is 393 g/mol. The van der Waals surface area contributed by atoms with Crippen molar-refractivity contribution < 1.29 is 18.0 Å². The van der Waals surface area contributed by atoms with Gasteiger partial charge in [0.25, 0.3) is 0 Å². The SMILES string of the molecule is O=C(Nc1ccccn1)N1c2cc(-c3cccc(C(F)(F)F)c3)ccc2N2CC[C@@H]21. The van der Waals surface area contributed by atoms with E-state index < -0.39 is 11.7 Å². The van der Waals surface area contributed by atoms with Gasteiger partial charge in [-0.25, -0.2) is 9.78 Å². The highest BCUT2D eigenvalue weighted by Gasteiger charge is 2.45. The minimum absolute atomic E-state index is 0.0968. The van der Waals surface area contributed by atoms with E-state index in [4.69, 9.17) is 0 Å². The van der Waals surface area contributed by atoms with Crippen molar-refractivity contribution in [1.82, 2.24) is 4.98 Å². The Morgan fingerprint density at radius 2 is 1.83 bits per heavy atom. The quantitative estimate of drug-likeness (QED) is 0.619. The molecule has 5 nitrogen and oxygen atoms in total. The summed E-state index contributed by atoms with van der Waals surface area (Å²) in [6, 6.07) is 15.6. The van der Waals surface area contributed by atoms with Gasteiger partial charge in [0, 0.05) is 19.2 Å². The molecule has 2 aliphatic rings. The van der Waals surface area contributed by atoms with Gasteiger partial charge in [-0.1, -0.05) is 24.3 Å². The fourth-order valence-corrected chi connectivity index (χ4v) is 3.95. The smallest absolute Gasteiger partial charge is 0.349 e. The summed E-state index contributed by atoms with van der Waals surface area (Å²) in [4.78, 5) is 20.9. The summed E-state index contributed by atoms with van der Waals surface area (Å²) in [7, 11) is 0. The number of pyridine rings is 1. The molecule has 1 saturated heterocycles.